The number of fused-ring (bicyclic) bond motifs is 7. The molecule has 8 atom stereocenters. The van der Waals surface area contributed by atoms with Gasteiger partial charge in [0.2, 0.25) is 5.60 Å². The zero-order valence-electron chi connectivity index (χ0n) is 59.6. The number of Topliss-reactive ketones (excluding diaryl/α,β-unsaturated/α-hetero) is 4. The molecule has 103 heavy (non-hydrogen) atoms. The fourth-order valence-corrected chi connectivity index (χ4v) is 17.2. The van der Waals surface area contributed by atoms with Gasteiger partial charge in [0.25, 0.3) is 5.56 Å². The number of thioether (sulfide) groups is 2. The van der Waals surface area contributed by atoms with Gasteiger partial charge in [0.05, 0.1) is 79.6 Å². The largest absolute Gasteiger partial charge is 0.457 e. The van der Waals surface area contributed by atoms with E-state index in [9.17, 15) is 43.2 Å². The van der Waals surface area contributed by atoms with Crippen LogP contribution in [0.1, 0.15) is 178 Å². The number of hydrogen-bond donors (Lipinski definition) is 8. The van der Waals surface area contributed by atoms with Gasteiger partial charge in [-0.1, -0.05) is 38.3 Å². The first-order chi connectivity index (χ1) is 49.8. The number of pyridine rings is 2. The molecule has 0 radical (unpaired) electrons. The third-order valence-electron chi connectivity index (χ3n) is 19.6. The first-order valence-corrected chi connectivity index (χ1v) is 38.6. The number of hydrogen-bond acceptors (Lipinski definition) is 24. The highest BCUT2D eigenvalue weighted by molar-refractivity contribution is 8.00. The SMILES string of the molecule is CCc1c2c(nc3ccc(C)cc13)-c1cc3c(c(=O)n1C2)COC(=O)[C@@]3(CC)OC(=O)[C@H](C)NC(=O)NCCOCCOCCNC(=O)Nc1cc(C(=O)CCCOCCCC(=O)CCCC[C@@H]2SC[C@@H]3NC(N)=N[C@@H]32)cc(C(=O)CCCOCCCC(=O)CCCC[C@@H]2SC[C@@H]3NC(N)=N[C@@H]32)c1. The molecule has 2 aromatic carbocycles. The van der Waals surface area contributed by atoms with Crippen LogP contribution in [0.5, 0.6) is 0 Å². The lowest BCUT2D eigenvalue weighted by Crippen LogP contribution is -2.51. The van der Waals surface area contributed by atoms with Crippen LogP contribution in [-0.2, 0) is 72.8 Å². The van der Waals surface area contributed by atoms with E-state index < -0.39 is 35.6 Å². The number of nitrogens with one attached hydrogen (secondary N) is 6. The number of aliphatic imine (C=N–C) groups is 2. The van der Waals surface area contributed by atoms with Gasteiger partial charge in [-0.05, 0) is 120 Å². The van der Waals surface area contributed by atoms with E-state index in [4.69, 9.17) is 44.9 Å². The van der Waals surface area contributed by atoms with Gasteiger partial charge in [0.15, 0.2) is 23.5 Å². The topological polar surface area (TPSA) is 376 Å². The summed E-state index contributed by atoms with van der Waals surface area (Å²) >= 11 is 3.84. The molecule has 0 bridgehead atoms. The van der Waals surface area contributed by atoms with Gasteiger partial charge in [-0.15, -0.1) is 0 Å². The molecule has 29 heteroatoms. The number of carbonyl (C=O) groups excluding carboxylic acids is 8. The summed E-state index contributed by atoms with van der Waals surface area (Å²) in [4.78, 5) is 134. The van der Waals surface area contributed by atoms with E-state index in [0.717, 1.165) is 77.6 Å². The van der Waals surface area contributed by atoms with Crippen molar-refractivity contribution in [3.05, 3.63) is 91.8 Å². The van der Waals surface area contributed by atoms with Crippen molar-refractivity contribution < 1.29 is 66.8 Å². The van der Waals surface area contributed by atoms with Crippen LogP contribution < -0.4 is 48.9 Å². The zero-order valence-corrected chi connectivity index (χ0v) is 61.2. The van der Waals surface area contributed by atoms with Crippen molar-refractivity contribution in [3.8, 4) is 11.4 Å². The number of unbranched alkanes of at least 4 members (excludes halogenated alkanes) is 2. The Morgan fingerprint density at radius 1 is 0.670 bits per heavy atom. The maximum absolute atomic E-state index is 14.2. The average molecular weight is 1460 g/mol. The summed E-state index contributed by atoms with van der Waals surface area (Å²) in [5.41, 5.74) is 15.6. The summed E-state index contributed by atoms with van der Waals surface area (Å²) in [6, 6.07) is 10.9. The van der Waals surface area contributed by atoms with Gasteiger partial charge in [-0.2, -0.15) is 23.5 Å². The van der Waals surface area contributed by atoms with Gasteiger partial charge in [-0.3, -0.25) is 24.0 Å². The summed E-state index contributed by atoms with van der Waals surface area (Å²) in [6.45, 7) is 9.24. The van der Waals surface area contributed by atoms with Gasteiger partial charge in [0, 0.05) is 133 Å². The number of nitrogens with two attached hydrogens (primary N) is 2. The standard InChI is InChI=1S/C74H100N12O15S2/c1-5-51-52-35-44(3)23-24-56(52)81-64-53(51)40-86-59(64)39-55-54(67(86)91)41-100-69(93)74(55,6-2)101-68(92)45(4)79-72(94)77-25-31-98-33-34-99-32-26-78-73(95)80-48-37-46(60(89)19-13-29-96-27-11-17-49(87)15-7-9-21-62-65-57(42-102-62)82-70(75)84-65)36-47(38-48)61(90)20-14-30-97-28-12-18-50(88)16-8-10-22-63-66-58(43-103-63)83-71(76)85-66/h23-24,35-39,45,57-58,62-63,65-66H,5-22,25-34,40-43H2,1-4H3,(H3,75,82,84)(H3,76,83,85)(H2,77,79,94)(H2,78,80,95)/t45-,57-,58-,62-,63-,65-,66-,74-/m0/s1. The number of urea groups is 2. The Bertz CT molecular complexity index is 3760. The normalized spacial score (nSPS) is 20.6. The number of ketones is 4. The minimum Gasteiger partial charge on any atom is -0.457 e. The van der Waals surface area contributed by atoms with Gasteiger partial charge in [0.1, 0.15) is 24.2 Å². The quantitative estimate of drug-likeness (QED) is 0.0107. The zero-order chi connectivity index (χ0) is 73.0. The van der Waals surface area contributed by atoms with E-state index in [2.05, 4.69) is 54.9 Å². The van der Waals surface area contributed by atoms with Gasteiger partial charge in [-0.25, -0.2) is 34.1 Å². The number of aryl methyl sites for hydroxylation is 2. The monoisotopic (exact) mass is 1460 g/mol. The van der Waals surface area contributed by atoms with Crippen molar-refractivity contribution >= 4 is 99.2 Å². The Labute approximate surface area is 609 Å². The molecular weight excluding hydrogens is 1360 g/mol. The van der Waals surface area contributed by atoms with E-state index in [-0.39, 0.29) is 134 Å². The number of cyclic esters (lactones) is 1. The molecule has 4 aromatic rings. The number of esters is 2. The predicted molar refractivity (Wildman–Crippen MR) is 395 cm³/mol. The summed E-state index contributed by atoms with van der Waals surface area (Å²) < 4.78 is 36.0. The van der Waals surface area contributed by atoms with E-state index in [1.807, 2.05) is 42.6 Å². The highest BCUT2D eigenvalue weighted by Gasteiger charge is 2.51. The molecule has 2 fully saturated rings. The van der Waals surface area contributed by atoms with Crippen LogP contribution >= 0.6 is 23.5 Å². The molecule has 8 heterocycles. The number of anilines is 1. The molecular formula is C74H100N12O15S2. The van der Waals surface area contributed by atoms with Crippen LogP contribution in [0.4, 0.5) is 15.3 Å². The second-order valence-corrected chi connectivity index (χ2v) is 29.7. The summed E-state index contributed by atoms with van der Waals surface area (Å²) in [7, 11) is 0. The van der Waals surface area contributed by atoms with Crippen molar-refractivity contribution in [2.75, 3.05) is 82.8 Å². The lowest BCUT2D eigenvalue weighted by atomic mass is 9.85. The second-order valence-electron chi connectivity index (χ2n) is 27.1. The molecule has 0 unspecified atom stereocenters. The Morgan fingerprint density at radius 3 is 1.78 bits per heavy atom. The van der Waals surface area contributed by atoms with E-state index in [1.165, 1.54) is 19.1 Å². The van der Waals surface area contributed by atoms with E-state index in [0.29, 0.717) is 137 Å². The third kappa shape index (κ3) is 20.5. The lowest BCUT2D eigenvalue weighted by molar-refractivity contribution is -0.190. The number of ether oxygens (including phenoxy) is 6. The van der Waals surface area contributed by atoms with Crippen LogP contribution in [0.25, 0.3) is 22.3 Å². The molecule has 6 aliphatic rings. The van der Waals surface area contributed by atoms with Crippen molar-refractivity contribution in [1.82, 2.24) is 36.1 Å². The van der Waals surface area contributed by atoms with Crippen molar-refractivity contribution in [2.45, 2.75) is 203 Å². The molecule has 0 aliphatic carbocycles. The minimum absolute atomic E-state index is 0.0503. The maximum Gasteiger partial charge on any atom is 0.355 e. The molecule has 2 aromatic heterocycles. The number of aromatic nitrogens is 2. The maximum atomic E-state index is 14.2. The number of guanidine groups is 2. The predicted octanol–water partition coefficient (Wildman–Crippen LogP) is 7.36. The van der Waals surface area contributed by atoms with Crippen LogP contribution in [0.15, 0.2) is 57.2 Å². The summed E-state index contributed by atoms with van der Waals surface area (Å²) in [6.07, 6.45) is 10.5. The number of benzene rings is 2. The minimum atomic E-state index is -1.96. The third-order valence-corrected chi connectivity index (χ3v) is 22.6. The Balaban J connectivity index is 0.610. The number of carbonyl (C=O) groups is 8. The fourth-order valence-electron chi connectivity index (χ4n) is 14.1. The molecule has 10 rings (SSSR count). The summed E-state index contributed by atoms with van der Waals surface area (Å²) in [5, 5.41) is 19.0. The molecule has 10 N–H and O–H groups in total. The van der Waals surface area contributed by atoms with Crippen LogP contribution in [-0.4, -0.2) is 187 Å². The fraction of sp³-hybridized carbons (Fsp3) is 0.595. The highest BCUT2D eigenvalue weighted by Crippen LogP contribution is 2.43. The molecule has 0 saturated carbocycles. The Morgan fingerprint density at radius 2 is 1.21 bits per heavy atom. The number of nitrogens with zero attached hydrogens (tertiary/aromatic N) is 4. The highest BCUT2D eigenvalue weighted by atomic mass is 32.2. The van der Waals surface area contributed by atoms with Crippen LogP contribution in [0.3, 0.4) is 0 Å². The lowest BCUT2D eigenvalue weighted by Gasteiger charge is -2.36. The number of amides is 4. The Kier molecular flexibility index (Phi) is 28.4. The second kappa shape index (κ2) is 37.7. The Hall–Kier alpha value is -7.96. The molecule has 6 aliphatic heterocycles. The van der Waals surface area contributed by atoms with Crippen LogP contribution in [0.2, 0.25) is 0 Å². The number of rotatable bonds is 43. The van der Waals surface area contributed by atoms with Crippen molar-refractivity contribution in [1.29, 1.82) is 0 Å². The first kappa shape index (κ1) is 77.6. The summed E-state index contributed by atoms with van der Waals surface area (Å²) in [5.74, 6) is 1.24. The van der Waals surface area contributed by atoms with E-state index in [1.54, 1.807) is 23.6 Å². The van der Waals surface area contributed by atoms with Crippen LogP contribution in [0, 0.1) is 6.92 Å². The van der Waals surface area contributed by atoms with E-state index >= 15 is 0 Å². The first-order valence-electron chi connectivity index (χ1n) is 36.5. The average Bonchev–Trinajstić information content (AvgIpc) is 1.63. The van der Waals surface area contributed by atoms with Crippen molar-refractivity contribution in [3.63, 3.8) is 0 Å². The molecule has 4 amide bonds. The molecule has 2 saturated heterocycles. The molecule has 558 valence electrons. The molecule has 27 nitrogen and oxygen atoms in total. The molecule has 0 spiro atoms. The van der Waals surface area contributed by atoms with Crippen molar-refractivity contribution in [2.24, 2.45) is 21.5 Å². The smallest absolute Gasteiger partial charge is 0.355 e. The van der Waals surface area contributed by atoms with Gasteiger partial charge >= 0.3 is 24.0 Å². The van der Waals surface area contributed by atoms with Gasteiger partial charge < -0.3 is 76.4 Å².